The number of nitrogens with one attached hydrogen (secondary N) is 1. The molecular formula is C15H23NO2. The Bertz CT molecular complexity index is 368. The van der Waals surface area contributed by atoms with Gasteiger partial charge in [-0.05, 0) is 25.3 Å². The van der Waals surface area contributed by atoms with Crippen LogP contribution in [0.25, 0.3) is 0 Å². The van der Waals surface area contributed by atoms with Crippen LogP contribution in [0.2, 0.25) is 0 Å². The Labute approximate surface area is 109 Å². The average Bonchev–Trinajstić information content (AvgIpc) is 2.42. The van der Waals surface area contributed by atoms with E-state index in [2.05, 4.69) is 5.32 Å². The van der Waals surface area contributed by atoms with E-state index in [1.165, 1.54) is 0 Å². The highest BCUT2D eigenvalue weighted by atomic mass is 16.3. The van der Waals surface area contributed by atoms with Gasteiger partial charge in [0.25, 0.3) is 0 Å². The van der Waals surface area contributed by atoms with Gasteiger partial charge in [-0.15, -0.1) is 0 Å². The molecule has 3 N–H and O–H groups in total. The second-order valence-electron chi connectivity index (χ2n) is 5.46. The molecule has 100 valence electrons. The summed E-state index contributed by atoms with van der Waals surface area (Å²) in [7, 11) is 0. The van der Waals surface area contributed by atoms with E-state index in [4.69, 9.17) is 0 Å². The Hall–Kier alpha value is -0.900. The van der Waals surface area contributed by atoms with Crippen molar-refractivity contribution in [1.29, 1.82) is 0 Å². The molecule has 3 nitrogen and oxygen atoms in total. The molecule has 1 fully saturated rings. The maximum absolute atomic E-state index is 10.0. The van der Waals surface area contributed by atoms with Gasteiger partial charge in [0.2, 0.25) is 0 Å². The molecule has 1 aliphatic rings. The first-order valence-electron chi connectivity index (χ1n) is 6.78. The van der Waals surface area contributed by atoms with Crippen molar-refractivity contribution in [1.82, 2.24) is 5.32 Å². The molecule has 0 heterocycles. The van der Waals surface area contributed by atoms with Gasteiger partial charge < -0.3 is 15.5 Å². The second-order valence-corrected chi connectivity index (χ2v) is 5.46. The first-order chi connectivity index (χ1) is 8.65. The molecule has 18 heavy (non-hydrogen) atoms. The lowest BCUT2D eigenvalue weighted by molar-refractivity contribution is 0.0585. The summed E-state index contributed by atoms with van der Waals surface area (Å²) < 4.78 is 0. The van der Waals surface area contributed by atoms with Gasteiger partial charge in [-0.2, -0.15) is 0 Å². The number of aliphatic hydroxyl groups excluding tert-OH is 2. The van der Waals surface area contributed by atoms with Gasteiger partial charge in [0, 0.05) is 6.04 Å². The van der Waals surface area contributed by atoms with Gasteiger partial charge in [-0.25, -0.2) is 0 Å². The summed E-state index contributed by atoms with van der Waals surface area (Å²) in [5, 5.41) is 23.2. The van der Waals surface area contributed by atoms with Crippen LogP contribution in [0, 0.1) is 0 Å². The van der Waals surface area contributed by atoms with Crippen LogP contribution in [0.5, 0.6) is 0 Å². The third-order valence-corrected chi connectivity index (χ3v) is 3.96. The lowest BCUT2D eigenvalue weighted by Crippen LogP contribution is -2.53. The minimum Gasteiger partial charge on any atom is -0.394 e. The van der Waals surface area contributed by atoms with E-state index in [0.29, 0.717) is 0 Å². The number of hydrogen-bond acceptors (Lipinski definition) is 3. The first-order valence-corrected chi connectivity index (χ1v) is 6.78. The molecule has 1 aromatic rings. The SMILES string of the molecule is CC(CO)(N[C@@H]1CCCC[C@H]1O)c1ccccc1. The summed E-state index contributed by atoms with van der Waals surface area (Å²) in [6, 6.07) is 10.0. The third-order valence-electron chi connectivity index (χ3n) is 3.96. The molecule has 2 rings (SSSR count). The van der Waals surface area contributed by atoms with E-state index in [0.717, 1.165) is 31.2 Å². The molecule has 1 aliphatic carbocycles. The van der Waals surface area contributed by atoms with Crippen molar-refractivity contribution in [2.24, 2.45) is 0 Å². The molecule has 0 aliphatic heterocycles. The Morgan fingerprint density at radius 3 is 2.50 bits per heavy atom. The molecule has 0 bridgehead atoms. The van der Waals surface area contributed by atoms with Gasteiger partial charge in [0.1, 0.15) is 0 Å². The van der Waals surface area contributed by atoms with E-state index in [1.807, 2.05) is 37.3 Å². The summed E-state index contributed by atoms with van der Waals surface area (Å²) in [6.45, 7) is 2.02. The molecule has 3 atom stereocenters. The standard InChI is InChI=1S/C15H23NO2/c1-15(11-17,12-7-3-2-4-8-12)16-13-9-5-6-10-14(13)18/h2-4,7-8,13-14,16-18H,5-6,9-11H2,1H3/t13-,14-,15?/m1/s1. The maximum Gasteiger partial charge on any atom is 0.0693 e. The van der Waals surface area contributed by atoms with Gasteiger partial charge in [-0.3, -0.25) is 0 Å². The summed E-state index contributed by atoms with van der Waals surface area (Å²) in [4.78, 5) is 0. The van der Waals surface area contributed by atoms with Crippen molar-refractivity contribution < 1.29 is 10.2 Å². The van der Waals surface area contributed by atoms with Gasteiger partial charge in [0.05, 0.1) is 18.2 Å². The molecule has 0 amide bonds. The summed E-state index contributed by atoms with van der Waals surface area (Å²) in [5.74, 6) is 0. The van der Waals surface area contributed by atoms with E-state index >= 15 is 0 Å². The zero-order valence-corrected chi connectivity index (χ0v) is 11.0. The van der Waals surface area contributed by atoms with E-state index in [-0.39, 0.29) is 18.8 Å². The maximum atomic E-state index is 10.0. The first kappa shape index (κ1) is 13.5. The Morgan fingerprint density at radius 2 is 1.89 bits per heavy atom. The topological polar surface area (TPSA) is 52.5 Å². The third kappa shape index (κ3) is 2.91. The van der Waals surface area contributed by atoms with Crippen LogP contribution in [0.3, 0.4) is 0 Å². The number of rotatable bonds is 4. The van der Waals surface area contributed by atoms with Crippen LogP contribution in [0.4, 0.5) is 0 Å². The molecule has 0 spiro atoms. The van der Waals surface area contributed by atoms with Gasteiger partial charge in [-0.1, -0.05) is 43.2 Å². The van der Waals surface area contributed by atoms with Crippen LogP contribution in [-0.2, 0) is 5.54 Å². The van der Waals surface area contributed by atoms with Crippen molar-refractivity contribution in [3.63, 3.8) is 0 Å². The lowest BCUT2D eigenvalue weighted by atomic mass is 9.87. The normalized spacial score (nSPS) is 27.7. The zero-order chi connectivity index (χ0) is 13.0. The van der Waals surface area contributed by atoms with E-state index in [9.17, 15) is 10.2 Å². The molecule has 0 saturated heterocycles. The summed E-state index contributed by atoms with van der Waals surface area (Å²) in [5.41, 5.74) is 0.579. The Balaban J connectivity index is 2.12. The largest absolute Gasteiger partial charge is 0.394 e. The van der Waals surface area contributed by atoms with Crippen LogP contribution in [0.15, 0.2) is 30.3 Å². The average molecular weight is 249 g/mol. The van der Waals surface area contributed by atoms with Crippen molar-refractivity contribution in [2.75, 3.05) is 6.61 Å². The predicted molar refractivity (Wildman–Crippen MR) is 72.3 cm³/mol. The minimum atomic E-state index is -0.482. The van der Waals surface area contributed by atoms with Crippen molar-refractivity contribution in [3.8, 4) is 0 Å². The van der Waals surface area contributed by atoms with Crippen LogP contribution in [0.1, 0.15) is 38.2 Å². The van der Waals surface area contributed by atoms with E-state index < -0.39 is 5.54 Å². The molecule has 3 heteroatoms. The van der Waals surface area contributed by atoms with Crippen molar-refractivity contribution in [3.05, 3.63) is 35.9 Å². The fourth-order valence-corrected chi connectivity index (χ4v) is 2.72. The number of hydrogen-bond donors (Lipinski definition) is 3. The van der Waals surface area contributed by atoms with Crippen LogP contribution >= 0.6 is 0 Å². The van der Waals surface area contributed by atoms with Gasteiger partial charge in [0.15, 0.2) is 0 Å². The fourth-order valence-electron chi connectivity index (χ4n) is 2.72. The predicted octanol–water partition coefficient (Wildman–Crippen LogP) is 1.79. The molecule has 1 aromatic carbocycles. The Morgan fingerprint density at radius 1 is 1.22 bits per heavy atom. The summed E-state index contributed by atoms with van der Waals surface area (Å²) in [6.07, 6.45) is 3.77. The highest BCUT2D eigenvalue weighted by molar-refractivity contribution is 5.24. The smallest absolute Gasteiger partial charge is 0.0693 e. The van der Waals surface area contributed by atoms with E-state index in [1.54, 1.807) is 0 Å². The molecule has 0 aromatic heterocycles. The molecule has 1 saturated carbocycles. The van der Waals surface area contributed by atoms with Crippen molar-refractivity contribution >= 4 is 0 Å². The molecular weight excluding hydrogens is 226 g/mol. The number of benzene rings is 1. The van der Waals surface area contributed by atoms with Crippen LogP contribution < -0.4 is 5.32 Å². The lowest BCUT2D eigenvalue weighted by Gasteiger charge is -2.38. The van der Waals surface area contributed by atoms with Crippen molar-refractivity contribution in [2.45, 2.75) is 50.3 Å². The highest BCUT2D eigenvalue weighted by Crippen LogP contribution is 2.25. The molecule has 1 unspecified atom stereocenters. The fraction of sp³-hybridized carbons (Fsp3) is 0.600. The molecule has 0 radical (unpaired) electrons. The highest BCUT2D eigenvalue weighted by Gasteiger charge is 2.32. The summed E-state index contributed by atoms with van der Waals surface area (Å²) >= 11 is 0. The van der Waals surface area contributed by atoms with Crippen LogP contribution in [-0.4, -0.2) is 29.0 Å². The quantitative estimate of drug-likeness (QED) is 0.762. The number of aliphatic hydroxyl groups is 2. The second kappa shape index (κ2) is 5.83. The minimum absolute atomic E-state index is 0.0280. The Kier molecular flexibility index (Phi) is 4.38. The monoisotopic (exact) mass is 249 g/mol. The van der Waals surface area contributed by atoms with Gasteiger partial charge >= 0.3 is 0 Å². The zero-order valence-electron chi connectivity index (χ0n) is 11.0.